The SMILES string of the molecule is CC(C)Sc1ccc(C(=O)NCC2CCCNC2)cc1. The minimum atomic E-state index is 0.0386. The molecule has 0 aliphatic carbocycles. The largest absolute Gasteiger partial charge is 0.352 e. The third-order valence-electron chi connectivity index (χ3n) is 3.44. The summed E-state index contributed by atoms with van der Waals surface area (Å²) in [6, 6.07) is 7.89. The van der Waals surface area contributed by atoms with Crippen molar-refractivity contribution in [1.29, 1.82) is 0 Å². The Kier molecular flexibility index (Phi) is 5.92. The number of piperidine rings is 1. The van der Waals surface area contributed by atoms with Gasteiger partial charge in [0.1, 0.15) is 0 Å². The highest BCUT2D eigenvalue weighted by Crippen LogP contribution is 2.22. The van der Waals surface area contributed by atoms with Gasteiger partial charge >= 0.3 is 0 Å². The summed E-state index contributed by atoms with van der Waals surface area (Å²) in [5, 5.41) is 6.98. The minimum absolute atomic E-state index is 0.0386. The van der Waals surface area contributed by atoms with Gasteiger partial charge in [0.25, 0.3) is 5.91 Å². The number of hydrogen-bond acceptors (Lipinski definition) is 3. The molecule has 2 rings (SSSR count). The molecule has 2 N–H and O–H groups in total. The van der Waals surface area contributed by atoms with E-state index in [-0.39, 0.29) is 5.91 Å². The van der Waals surface area contributed by atoms with E-state index in [1.54, 1.807) is 0 Å². The summed E-state index contributed by atoms with van der Waals surface area (Å²) in [5.41, 5.74) is 0.752. The molecule has 3 nitrogen and oxygen atoms in total. The van der Waals surface area contributed by atoms with Crippen LogP contribution in [0.1, 0.15) is 37.0 Å². The molecule has 1 aromatic rings. The molecule has 1 unspecified atom stereocenters. The van der Waals surface area contributed by atoms with Gasteiger partial charge in [0.2, 0.25) is 0 Å². The normalized spacial score (nSPS) is 19.1. The van der Waals surface area contributed by atoms with Gasteiger partial charge in [-0.05, 0) is 56.1 Å². The molecule has 110 valence electrons. The highest BCUT2D eigenvalue weighted by molar-refractivity contribution is 7.99. The number of rotatable bonds is 5. The minimum Gasteiger partial charge on any atom is -0.352 e. The molecule has 20 heavy (non-hydrogen) atoms. The predicted octanol–water partition coefficient (Wildman–Crippen LogP) is 2.92. The molecule has 0 bridgehead atoms. The smallest absolute Gasteiger partial charge is 0.251 e. The van der Waals surface area contributed by atoms with E-state index in [1.165, 1.54) is 17.7 Å². The van der Waals surface area contributed by atoms with Crippen LogP contribution in [-0.4, -0.2) is 30.8 Å². The van der Waals surface area contributed by atoms with E-state index in [9.17, 15) is 4.79 Å². The molecule has 0 saturated carbocycles. The standard InChI is InChI=1S/C16H24N2OS/c1-12(2)20-15-7-5-14(6-8-15)16(19)18-11-13-4-3-9-17-10-13/h5-8,12-13,17H,3-4,9-11H2,1-2H3,(H,18,19). The Morgan fingerprint density at radius 1 is 1.40 bits per heavy atom. The molecule has 1 aliphatic heterocycles. The molecule has 1 aromatic carbocycles. The highest BCUT2D eigenvalue weighted by Gasteiger charge is 2.14. The average Bonchev–Trinajstić information content (AvgIpc) is 2.46. The fourth-order valence-corrected chi connectivity index (χ4v) is 3.23. The number of hydrogen-bond donors (Lipinski definition) is 2. The van der Waals surface area contributed by atoms with E-state index in [0.717, 1.165) is 25.2 Å². The van der Waals surface area contributed by atoms with Crippen LogP contribution in [0.5, 0.6) is 0 Å². The van der Waals surface area contributed by atoms with Crippen LogP contribution in [0.3, 0.4) is 0 Å². The fourth-order valence-electron chi connectivity index (χ4n) is 2.39. The first-order valence-electron chi connectivity index (χ1n) is 7.41. The summed E-state index contributed by atoms with van der Waals surface area (Å²) in [6.45, 7) is 7.24. The Hall–Kier alpha value is -1.00. The maximum Gasteiger partial charge on any atom is 0.251 e. The molecule has 1 aliphatic rings. The molecular formula is C16H24N2OS. The van der Waals surface area contributed by atoms with E-state index in [4.69, 9.17) is 0 Å². The Morgan fingerprint density at radius 2 is 2.15 bits per heavy atom. The van der Waals surface area contributed by atoms with Crippen LogP contribution in [0, 0.1) is 5.92 Å². The maximum absolute atomic E-state index is 12.1. The molecule has 0 spiro atoms. The number of benzene rings is 1. The van der Waals surface area contributed by atoms with Gasteiger partial charge in [0.15, 0.2) is 0 Å². The monoisotopic (exact) mass is 292 g/mol. The van der Waals surface area contributed by atoms with Gasteiger partial charge in [0, 0.05) is 22.3 Å². The van der Waals surface area contributed by atoms with Crippen molar-refractivity contribution in [3.63, 3.8) is 0 Å². The molecule has 1 heterocycles. The Morgan fingerprint density at radius 3 is 2.75 bits per heavy atom. The van der Waals surface area contributed by atoms with E-state index >= 15 is 0 Å². The van der Waals surface area contributed by atoms with Crippen LogP contribution in [0.15, 0.2) is 29.2 Å². The number of carbonyl (C=O) groups is 1. The van der Waals surface area contributed by atoms with Crippen LogP contribution >= 0.6 is 11.8 Å². The lowest BCUT2D eigenvalue weighted by Crippen LogP contribution is -2.38. The molecule has 0 aromatic heterocycles. The summed E-state index contributed by atoms with van der Waals surface area (Å²) in [5.74, 6) is 0.611. The summed E-state index contributed by atoms with van der Waals surface area (Å²) in [4.78, 5) is 13.3. The second kappa shape index (κ2) is 7.70. The molecule has 4 heteroatoms. The van der Waals surface area contributed by atoms with Crippen LogP contribution in [0.4, 0.5) is 0 Å². The van der Waals surface area contributed by atoms with Crippen LogP contribution in [-0.2, 0) is 0 Å². The molecule has 0 radical (unpaired) electrons. The van der Waals surface area contributed by atoms with E-state index in [1.807, 2.05) is 36.0 Å². The van der Waals surface area contributed by atoms with Gasteiger partial charge < -0.3 is 10.6 Å². The van der Waals surface area contributed by atoms with Gasteiger partial charge in [-0.1, -0.05) is 13.8 Å². The van der Waals surface area contributed by atoms with Crippen LogP contribution in [0.2, 0.25) is 0 Å². The molecule has 1 fully saturated rings. The number of nitrogens with one attached hydrogen (secondary N) is 2. The first-order valence-corrected chi connectivity index (χ1v) is 8.29. The first-order chi connectivity index (χ1) is 9.65. The van der Waals surface area contributed by atoms with E-state index in [2.05, 4.69) is 24.5 Å². The summed E-state index contributed by atoms with van der Waals surface area (Å²) in [6.07, 6.45) is 2.42. The van der Waals surface area contributed by atoms with Gasteiger partial charge in [0.05, 0.1) is 0 Å². The summed E-state index contributed by atoms with van der Waals surface area (Å²) >= 11 is 1.81. The predicted molar refractivity (Wildman–Crippen MR) is 85.4 cm³/mol. The van der Waals surface area contributed by atoms with Crippen molar-refractivity contribution in [2.75, 3.05) is 19.6 Å². The lowest BCUT2D eigenvalue weighted by Gasteiger charge is -2.22. The first kappa shape index (κ1) is 15.4. The summed E-state index contributed by atoms with van der Waals surface area (Å²) < 4.78 is 0. The Bertz CT molecular complexity index is 425. The molecule has 1 atom stereocenters. The second-order valence-electron chi connectivity index (χ2n) is 5.61. The van der Waals surface area contributed by atoms with Crippen LogP contribution < -0.4 is 10.6 Å². The zero-order chi connectivity index (χ0) is 14.4. The van der Waals surface area contributed by atoms with Crippen molar-refractivity contribution in [2.45, 2.75) is 36.8 Å². The van der Waals surface area contributed by atoms with E-state index in [0.29, 0.717) is 11.2 Å². The zero-order valence-electron chi connectivity index (χ0n) is 12.3. The van der Waals surface area contributed by atoms with E-state index < -0.39 is 0 Å². The van der Waals surface area contributed by atoms with Gasteiger partial charge in [-0.15, -0.1) is 11.8 Å². The number of thioether (sulfide) groups is 1. The van der Waals surface area contributed by atoms with Gasteiger partial charge in [-0.3, -0.25) is 4.79 Å². The third kappa shape index (κ3) is 4.84. The lowest BCUT2D eigenvalue weighted by molar-refractivity contribution is 0.0945. The summed E-state index contributed by atoms with van der Waals surface area (Å²) in [7, 11) is 0. The van der Waals surface area contributed by atoms with Gasteiger partial charge in [-0.25, -0.2) is 0 Å². The molecular weight excluding hydrogens is 268 g/mol. The van der Waals surface area contributed by atoms with Gasteiger partial charge in [-0.2, -0.15) is 0 Å². The zero-order valence-corrected chi connectivity index (χ0v) is 13.1. The molecule has 1 saturated heterocycles. The average molecular weight is 292 g/mol. The quantitative estimate of drug-likeness (QED) is 0.820. The fraction of sp³-hybridized carbons (Fsp3) is 0.562. The Balaban J connectivity index is 1.82. The molecule has 1 amide bonds. The Labute approximate surface area is 125 Å². The van der Waals surface area contributed by atoms with Crippen molar-refractivity contribution in [2.24, 2.45) is 5.92 Å². The lowest BCUT2D eigenvalue weighted by atomic mass is 10.00. The second-order valence-corrected chi connectivity index (χ2v) is 7.26. The number of carbonyl (C=O) groups excluding carboxylic acids is 1. The highest BCUT2D eigenvalue weighted by atomic mass is 32.2. The third-order valence-corrected chi connectivity index (χ3v) is 4.45. The van der Waals surface area contributed by atoms with Crippen molar-refractivity contribution in [3.8, 4) is 0 Å². The topological polar surface area (TPSA) is 41.1 Å². The van der Waals surface area contributed by atoms with Crippen molar-refractivity contribution in [3.05, 3.63) is 29.8 Å². The van der Waals surface area contributed by atoms with Crippen molar-refractivity contribution < 1.29 is 4.79 Å². The van der Waals surface area contributed by atoms with Crippen molar-refractivity contribution >= 4 is 17.7 Å². The number of amides is 1. The van der Waals surface area contributed by atoms with Crippen LogP contribution in [0.25, 0.3) is 0 Å². The maximum atomic E-state index is 12.1. The van der Waals surface area contributed by atoms with Crippen molar-refractivity contribution in [1.82, 2.24) is 10.6 Å².